The Morgan fingerprint density at radius 1 is 1.54 bits per heavy atom. The van der Waals surface area contributed by atoms with Gasteiger partial charge in [0, 0.05) is 12.8 Å². The lowest BCUT2D eigenvalue weighted by Gasteiger charge is -2.03. The van der Waals surface area contributed by atoms with Gasteiger partial charge in [-0.05, 0) is 20.3 Å². The average molecular weight is 185 g/mol. The van der Waals surface area contributed by atoms with E-state index in [1.54, 1.807) is 13.1 Å². The van der Waals surface area contributed by atoms with Gasteiger partial charge >= 0.3 is 0 Å². The second kappa shape index (κ2) is 7.92. The van der Waals surface area contributed by atoms with Gasteiger partial charge in [-0.2, -0.15) is 0 Å². The summed E-state index contributed by atoms with van der Waals surface area (Å²) in [7, 11) is 0. The largest absolute Gasteiger partial charge is 0.380 e. The fourth-order valence-corrected chi connectivity index (χ4v) is 0.961. The van der Waals surface area contributed by atoms with E-state index >= 15 is 0 Å². The van der Waals surface area contributed by atoms with Gasteiger partial charge in [-0.15, -0.1) is 0 Å². The summed E-state index contributed by atoms with van der Waals surface area (Å²) in [6, 6.07) is 0. The molecular formula is C10H19NO2. The van der Waals surface area contributed by atoms with E-state index in [0.717, 1.165) is 13.0 Å². The number of ketones is 1. The first-order valence-electron chi connectivity index (χ1n) is 4.80. The molecule has 0 amide bonds. The third kappa shape index (κ3) is 6.46. The van der Waals surface area contributed by atoms with Gasteiger partial charge in [-0.25, -0.2) is 0 Å². The minimum absolute atomic E-state index is 0.0124. The maximum absolute atomic E-state index is 11.0. The number of hydrogen-bond donors (Lipinski definition) is 0. The van der Waals surface area contributed by atoms with Gasteiger partial charge in [-0.1, -0.05) is 6.92 Å². The van der Waals surface area contributed by atoms with Crippen LogP contribution in [0.1, 0.15) is 27.2 Å². The van der Waals surface area contributed by atoms with E-state index in [9.17, 15) is 4.79 Å². The fourth-order valence-electron chi connectivity index (χ4n) is 0.961. The Balaban J connectivity index is 3.61. The van der Waals surface area contributed by atoms with Crippen LogP contribution in [-0.4, -0.2) is 31.8 Å². The van der Waals surface area contributed by atoms with Crippen LogP contribution in [0.25, 0.3) is 0 Å². The minimum Gasteiger partial charge on any atom is -0.380 e. The van der Waals surface area contributed by atoms with E-state index in [2.05, 4.69) is 4.99 Å². The van der Waals surface area contributed by atoms with Crippen LogP contribution in [0.3, 0.4) is 0 Å². The highest BCUT2D eigenvalue weighted by Gasteiger charge is 2.06. The molecule has 76 valence electrons. The second-order valence-corrected chi connectivity index (χ2v) is 2.88. The van der Waals surface area contributed by atoms with Crippen LogP contribution in [0.4, 0.5) is 0 Å². The van der Waals surface area contributed by atoms with Crippen molar-refractivity contribution < 1.29 is 9.53 Å². The second-order valence-electron chi connectivity index (χ2n) is 2.88. The molecule has 13 heavy (non-hydrogen) atoms. The summed E-state index contributed by atoms with van der Waals surface area (Å²) in [5, 5.41) is 0. The predicted molar refractivity (Wildman–Crippen MR) is 54.3 cm³/mol. The lowest BCUT2D eigenvalue weighted by atomic mass is 10.0. The lowest BCUT2D eigenvalue weighted by Crippen LogP contribution is -2.11. The van der Waals surface area contributed by atoms with Gasteiger partial charge in [-0.3, -0.25) is 9.79 Å². The molecule has 3 heteroatoms. The van der Waals surface area contributed by atoms with Crippen LogP contribution in [0, 0.1) is 5.92 Å². The molecule has 0 aromatic carbocycles. The molecule has 1 atom stereocenters. The number of Topliss-reactive ketones (excluding diaryl/α,β-unsaturated/α-hetero) is 1. The molecular weight excluding hydrogens is 166 g/mol. The van der Waals surface area contributed by atoms with Gasteiger partial charge in [0.15, 0.2) is 0 Å². The molecule has 0 aliphatic rings. The van der Waals surface area contributed by atoms with Crippen LogP contribution in [0.2, 0.25) is 0 Å². The van der Waals surface area contributed by atoms with Crippen LogP contribution >= 0.6 is 0 Å². The van der Waals surface area contributed by atoms with Crippen molar-refractivity contribution in [2.24, 2.45) is 10.9 Å². The van der Waals surface area contributed by atoms with Crippen molar-refractivity contribution in [1.29, 1.82) is 0 Å². The van der Waals surface area contributed by atoms with E-state index < -0.39 is 0 Å². The van der Waals surface area contributed by atoms with Crippen molar-refractivity contribution in [1.82, 2.24) is 0 Å². The molecule has 0 aliphatic carbocycles. The highest BCUT2D eigenvalue weighted by molar-refractivity contribution is 5.93. The topological polar surface area (TPSA) is 38.7 Å². The highest BCUT2D eigenvalue weighted by atomic mass is 16.5. The van der Waals surface area contributed by atoms with Crippen molar-refractivity contribution in [2.45, 2.75) is 27.2 Å². The van der Waals surface area contributed by atoms with E-state index in [4.69, 9.17) is 4.74 Å². The van der Waals surface area contributed by atoms with E-state index in [-0.39, 0.29) is 11.7 Å². The predicted octanol–water partition coefficient (Wildman–Crippen LogP) is 1.71. The van der Waals surface area contributed by atoms with Crippen molar-refractivity contribution in [3.8, 4) is 0 Å². The zero-order valence-corrected chi connectivity index (χ0v) is 8.75. The van der Waals surface area contributed by atoms with Crippen LogP contribution in [0.5, 0.6) is 0 Å². The van der Waals surface area contributed by atoms with Crippen molar-refractivity contribution in [3.63, 3.8) is 0 Å². The van der Waals surface area contributed by atoms with Gasteiger partial charge in [0.05, 0.1) is 19.1 Å². The van der Waals surface area contributed by atoms with E-state index in [1.165, 1.54) is 0 Å². The molecule has 0 aromatic heterocycles. The zero-order chi connectivity index (χ0) is 10.1. The smallest absolute Gasteiger partial charge is 0.138 e. The zero-order valence-electron chi connectivity index (χ0n) is 8.75. The summed E-state index contributed by atoms with van der Waals surface area (Å²) >= 11 is 0. The maximum Gasteiger partial charge on any atom is 0.138 e. The third-order valence-corrected chi connectivity index (χ3v) is 1.82. The van der Waals surface area contributed by atoms with Crippen molar-refractivity contribution in [2.75, 3.05) is 19.8 Å². The molecule has 0 rings (SSSR count). The molecule has 0 saturated heterocycles. The molecule has 0 spiro atoms. The first-order valence-corrected chi connectivity index (χ1v) is 4.80. The Bertz CT molecular complexity index is 166. The van der Waals surface area contributed by atoms with E-state index in [0.29, 0.717) is 13.2 Å². The lowest BCUT2D eigenvalue weighted by molar-refractivity contribution is -0.118. The van der Waals surface area contributed by atoms with Crippen molar-refractivity contribution >= 4 is 12.0 Å². The number of carbonyl (C=O) groups is 1. The summed E-state index contributed by atoms with van der Waals surface area (Å²) in [4.78, 5) is 15.1. The number of aliphatic imine (C=N–C) groups is 1. The number of hydrogen-bond acceptors (Lipinski definition) is 3. The molecule has 0 aromatic rings. The Kier molecular flexibility index (Phi) is 7.50. The highest BCUT2D eigenvalue weighted by Crippen LogP contribution is 1.99. The van der Waals surface area contributed by atoms with E-state index in [1.807, 2.05) is 13.8 Å². The normalized spacial score (nSPS) is 13.5. The molecule has 0 aliphatic heterocycles. The summed E-state index contributed by atoms with van der Waals surface area (Å²) < 4.78 is 5.11. The number of rotatable bonds is 7. The molecule has 0 bridgehead atoms. The van der Waals surface area contributed by atoms with Crippen LogP contribution < -0.4 is 0 Å². The standard InChI is InChI=1S/C10H19NO2/c1-4-10(9(3)12)8-11-6-7-13-5-2/h8,10H,4-7H2,1-3H3. The first kappa shape index (κ1) is 12.3. The Morgan fingerprint density at radius 3 is 2.69 bits per heavy atom. The quantitative estimate of drug-likeness (QED) is 0.447. The van der Waals surface area contributed by atoms with Crippen molar-refractivity contribution in [3.05, 3.63) is 0 Å². The molecule has 0 heterocycles. The van der Waals surface area contributed by atoms with Crippen LogP contribution in [0.15, 0.2) is 4.99 Å². The Labute approximate surface area is 80.2 Å². The number of ether oxygens (including phenoxy) is 1. The minimum atomic E-state index is -0.0124. The Morgan fingerprint density at radius 2 is 2.23 bits per heavy atom. The first-order chi connectivity index (χ1) is 6.22. The summed E-state index contributed by atoms with van der Waals surface area (Å²) in [5.74, 6) is 0.171. The monoisotopic (exact) mass is 185 g/mol. The van der Waals surface area contributed by atoms with Gasteiger partial charge in [0.1, 0.15) is 5.78 Å². The van der Waals surface area contributed by atoms with Crippen LogP contribution in [-0.2, 0) is 9.53 Å². The molecule has 0 fully saturated rings. The Hall–Kier alpha value is -0.700. The maximum atomic E-state index is 11.0. The molecule has 0 N–H and O–H groups in total. The molecule has 0 saturated carbocycles. The summed E-state index contributed by atoms with van der Waals surface area (Å²) in [6.07, 6.45) is 2.56. The number of carbonyl (C=O) groups excluding carboxylic acids is 1. The third-order valence-electron chi connectivity index (χ3n) is 1.82. The van der Waals surface area contributed by atoms with Gasteiger partial charge < -0.3 is 4.74 Å². The van der Waals surface area contributed by atoms with Gasteiger partial charge in [0.25, 0.3) is 0 Å². The fraction of sp³-hybridized carbons (Fsp3) is 0.800. The molecule has 0 radical (unpaired) electrons. The molecule has 1 unspecified atom stereocenters. The molecule has 3 nitrogen and oxygen atoms in total. The summed E-state index contributed by atoms with van der Waals surface area (Å²) in [6.45, 7) is 7.55. The average Bonchev–Trinajstić information content (AvgIpc) is 2.10. The number of nitrogens with zero attached hydrogens (tertiary/aromatic N) is 1. The van der Waals surface area contributed by atoms with Gasteiger partial charge in [0.2, 0.25) is 0 Å². The summed E-state index contributed by atoms with van der Waals surface area (Å²) in [5.41, 5.74) is 0. The SMILES string of the molecule is CCOCCN=CC(CC)C(C)=O.